The summed E-state index contributed by atoms with van der Waals surface area (Å²) in [6.07, 6.45) is 18.7. The fourth-order valence-electron chi connectivity index (χ4n) is 3.71. The number of unbranched alkanes of at least 4 members (excludes halogenated alkanes) is 8. The van der Waals surface area contributed by atoms with Gasteiger partial charge in [-0.3, -0.25) is 4.79 Å². The minimum Gasteiger partial charge on any atom is -0.469 e. The van der Waals surface area contributed by atoms with E-state index in [-0.39, 0.29) is 5.97 Å². The van der Waals surface area contributed by atoms with E-state index in [0.29, 0.717) is 30.8 Å². The summed E-state index contributed by atoms with van der Waals surface area (Å²) in [4.78, 5) is 11.0. The predicted molar refractivity (Wildman–Crippen MR) is 99.7 cm³/mol. The molecule has 0 aromatic heterocycles. The zero-order chi connectivity index (χ0) is 17.9. The highest BCUT2D eigenvalue weighted by Gasteiger charge is 2.47. The van der Waals surface area contributed by atoms with E-state index in [2.05, 4.69) is 11.7 Å². The van der Waals surface area contributed by atoms with Crippen molar-refractivity contribution >= 4 is 5.97 Å². The molecule has 0 bridgehead atoms. The summed E-state index contributed by atoms with van der Waals surface area (Å²) in [6.45, 7) is 2.25. The van der Waals surface area contributed by atoms with Gasteiger partial charge in [-0.05, 0) is 19.3 Å². The molecule has 4 atom stereocenters. The summed E-state index contributed by atoms with van der Waals surface area (Å²) >= 11 is 0. The first-order valence-electron chi connectivity index (χ1n) is 10.6. The van der Waals surface area contributed by atoms with Crippen molar-refractivity contribution in [3.05, 3.63) is 0 Å². The second-order valence-electron chi connectivity index (χ2n) is 7.75. The Hall–Kier alpha value is -0.610. The van der Waals surface area contributed by atoms with E-state index in [1.165, 1.54) is 71.3 Å². The molecular formula is C21H38O4. The summed E-state index contributed by atoms with van der Waals surface area (Å²) in [5.74, 6) is -0.0807. The molecule has 2 aliphatic heterocycles. The highest BCUT2D eigenvalue weighted by Crippen LogP contribution is 2.39. The highest BCUT2D eigenvalue weighted by atomic mass is 16.6. The Morgan fingerprint density at radius 3 is 1.84 bits per heavy atom. The number of hydrogen-bond acceptors (Lipinski definition) is 4. The molecule has 2 saturated heterocycles. The normalized spacial score (nSPS) is 27.3. The summed E-state index contributed by atoms with van der Waals surface area (Å²) < 4.78 is 16.2. The van der Waals surface area contributed by atoms with Gasteiger partial charge in [-0.2, -0.15) is 0 Å². The Kier molecular flexibility index (Phi) is 9.85. The molecule has 0 spiro atoms. The number of carbonyl (C=O) groups is 1. The monoisotopic (exact) mass is 354 g/mol. The minimum absolute atomic E-state index is 0.0807. The predicted octanol–water partition coefficient (Wildman–Crippen LogP) is 5.18. The van der Waals surface area contributed by atoms with Crippen molar-refractivity contribution < 1.29 is 19.0 Å². The van der Waals surface area contributed by atoms with E-state index in [1.807, 2.05) is 0 Å². The van der Waals surface area contributed by atoms with Crippen LogP contribution >= 0.6 is 0 Å². The molecule has 2 heterocycles. The second-order valence-corrected chi connectivity index (χ2v) is 7.75. The number of epoxide rings is 2. The van der Waals surface area contributed by atoms with Crippen molar-refractivity contribution in [1.29, 1.82) is 0 Å². The van der Waals surface area contributed by atoms with Crippen LogP contribution in [0.2, 0.25) is 0 Å². The first-order valence-corrected chi connectivity index (χ1v) is 10.6. The van der Waals surface area contributed by atoms with Crippen molar-refractivity contribution in [1.82, 2.24) is 0 Å². The lowest BCUT2D eigenvalue weighted by atomic mass is 10.0. The first-order chi connectivity index (χ1) is 12.2. The van der Waals surface area contributed by atoms with E-state index in [4.69, 9.17) is 9.47 Å². The van der Waals surface area contributed by atoms with Gasteiger partial charge in [0.1, 0.15) is 0 Å². The van der Waals surface area contributed by atoms with Crippen LogP contribution in [0.5, 0.6) is 0 Å². The maximum Gasteiger partial charge on any atom is 0.305 e. The molecule has 25 heavy (non-hydrogen) atoms. The van der Waals surface area contributed by atoms with Crippen LogP contribution in [0.15, 0.2) is 0 Å². The number of methoxy groups -OCH3 is 1. The molecule has 0 N–H and O–H groups in total. The second kappa shape index (κ2) is 11.9. The van der Waals surface area contributed by atoms with Crippen molar-refractivity contribution in [3.8, 4) is 0 Å². The van der Waals surface area contributed by atoms with Crippen molar-refractivity contribution in [2.75, 3.05) is 7.11 Å². The molecule has 4 nitrogen and oxygen atoms in total. The quantitative estimate of drug-likeness (QED) is 0.218. The average Bonchev–Trinajstić information content (AvgIpc) is 3.53. The molecule has 2 rings (SSSR count). The molecule has 0 saturated carbocycles. The van der Waals surface area contributed by atoms with E-state index >= 15 is 0 Å². The van der Waals surface area contributed by atoms with E-state index in [0.717, 1.165) is 19.3 Å². The van der Waals surface area contributed by atoms with Crippen LogP contribution in [0.1, 0.15) is 96.8 Å². The lowest BCUT2D eigenvalue weighted by Gasteiger charge is -2.01. The molecule has 146 valence electrons. The maximum atomic E-state index is 11.0. The molecular weight excluding hydrogens is 316 g/mol. The van der Waals surface area contributed by atoms with Crippen LogP contribution < -0.4 is 0 Å². The molecule has 0 unspecified atom stereocenters. The van der Waals surface area contributed by atoms with E-state index in [9.17, 15) is 4.79 Å². The van der Waals surface area contributed by atoms with Gasteiger partial charge in [-0.1, -0.05) is 64.7 Å². The molecule has 0 aromatic rings. The fourth-order valence-corrected chi connectivity index (χ4v) is 3.71. The Morgan fingerprint density at radius 2 is 1.28 bits per heavy atom. The standard InChI is InChI=1S/C21H38O4/c1-3-4-10-13-17-19(24-17)16-20-18(25-20)14-11-8-6-5-7-9-12-15-21(22)23-2/h17-20H,3-16H2,1-2H3/t17-,18+,19+,20+/m1/s1. The fraction of sp³-hybridized carbons (Fsp3) is 0.952. The van der Waals surface area contributed by atoms with Crippen LogP contribution in [-0.4, -0.2) is 37.5 Å². The third-order valence-corrected chi connectivity index (χ3v) is 5.53. The molecule has 0 amide bonds. The van der Waals surface area contributed by atoms with Gasteiger partial charge >= 0.3 is 5.97 Å². The third-order valence-electron chi connectivity index (χ3n) is 5.53. The summed E-state index contributed by atoms with van der Waals surface area (Å²) in [7, 11) is 1.46. The van der Waals surface area contributed by atoms with E-state index in [1.54, 1.807) is 0 Å². The molecule has 0 aliphatic carbocycles. The Bertz CT molecular complexity index is 371. The van der Waals surface area contributed by atoms with Gasteiger partial charge in [0, 0.05) is 12.8 Å². The molecule has 0 aromatic carbocycles. The van der Waals surface area contributed by atoms with Crippen molar-refractivity contribution in [2.45, 2.75) is 121 Å². The smallest absolute Gasteiger partial charge is 0.305 e. The van der Waals surface area contributed by atoms with Gasteiger partial charge in [0.15, 0.2) is 0 Å². The molecule has 4 heteroatoms. The largest absolute Gasteiger partial charge is 0.469 e. The maximum absolute atomic E-state index is 11.0. The van der Waals surface area contributed by atoms with Gasteiger partial charge in [-0.15, -0.1) is 0 Å². The van der Waals surface area contributed by atoms with Crippen LogP contribution in [0.3, 0.4) is 0 Å². The molecule has 2 aliphatic rings. The van der Waals surface area contributed by atoms with Gasteiger partial charge in [0.2, 0.25) is 0 Å². The van der Waals surface area contributed by atoms with Gasteiger partial charge in [0.05, 0.1) is 31.5 Å². The van der Waals surface area contributed by atoms with Gasteiger partial charge < -0.3 is 14.2 Å². The average molecular weight is 355 g/mol. The Balaban J connectivity index is 1.31. The first kappa shape index (κ1) is 20.7. The molecule has 0 radical (unpaired) electrons. The van der Waals surface area contributed by atoms with Gasteiger partial charge in [0.25, 0.3) is 0 Å². The lowest BCUT2D eigenvalue weighted by Crippen LogP contribution is -2.02. The van der Waals surface area contributed by atoms with Crippen LogP contribution in [-0.2, 0) is 19.0 Å². The van der Waals surface area contributed by atoms with Crippen molar-refractivity contribution in [2.24, 2.45) is 0 Å². The molecule has 2 fully saturated rings. The Morgan fingerprint density at radius 1 is 0.760 bits per heavy atom. The number of esters is 1. The van der Waals surface area contributed by atoms with Crippen LogP contribution in [0.4, 0.5) is 0 Å². The zero-order valence-electron chi connectivity index (χ0n) is 16.3. The Labute approximate surface area is 154 Å². The summed E-state index contributed by atoms with van der Waals surface area (Å²) in [6, 6.07) is 0. The number of carbonyl (C=O) groups excluding carboxylic acids is 1. The lowest BCUT2D eigenvalue weighted by molar-refractivity contribution is -0.140. The van der Waals surface area contributed by atoms with Crippen LogP contribution in [0.25, 0.3) is 0 Å². The van der Waals surface area contributed by atoms with E-state index < -0.39 is 0 Å². The SMILES string of the molecule is CCCCC[C@H]1O[C@H]1C[C@@H]1O[C@H]1CCCCCCCCCC(=O)OC. The number of hydrogen-bond donors (Lipinski definition) is 0. The minimum atomic E-state index is -0.0807. The number of rotatable bonds is 16. The van der Waals surface area contributed by atoms with Crippen molar-refractivity contribution in [3.63, 3.8) is 0 Å². The topological polar surface area (TPSA) is 51.4 Å². The summed E-state index contributed by atoms with van der Waals surface area (Å²) in [5.41, 5.74) is 0. The third kappa shape index (κ3) is 9.05. The summed E-state index contributed by atoms with van der Waals surface area (Å²) in [5, 5.41) is 0. The van der Waals surface area contributed by atoms with Crippen LogP contribution in [0, 0.1) is 0 Å². The zero-order valence-corrected chi connectivity index (χ0v) is 16.3. The highest BCUT2D eigenvalue weighted by molar-refractivity contribution is 5.68. The van der Waals surface area contributed by atoms with Gasteiger partial charge in [-0.25, -0.2) is 0 Å². The number of ether oxygens (including phenoxy) is 3.